The first kappa shape index (κ1) is 48.1. The van der Waals surface area contributed by atoms with Gasteiger partial charge in [-0.25, -0.2) is 4.98 Å². The number of thiophene rings is 1. The SMILES string of the molecule is CCC(CC)C(=O)/C=C(\O)C(CC)CC.Cc1c([Si](C2CCCCC2)(C2CCCCC2)C2CCCCC2)sc2c(-c3[c-]c4ccccc4c([Si](C)(C)C)c3)ncnc12.[Ir]. The Morgan fingerprint density at radius 1 is 0.797 bits per heavy atom. The van der Waals surface area contributed by atoms with E-state index in [1.54, 1.807) is 5.56 Å². The van der Waals surface area contributed by atoms with Gasteiger partial charge in [-0.3, -0.25) is 9.78 Å². The summed E-state index contributed by atoms with van der Waals surface area (Å²) in [5.74, 6) is 0.547. The van der Waals surface area contributed by atoms with Gasteiger partial charge in [0.15, 0.2) is 5.78 Å². The number of ketones is 1. The van der Waals surface area contributed by atoms with E-state index in [1.165, 1.54) is 134 Å². The summed E-state index contributed by atoms with van der Waals surface area (Å²) in [6.07, 6.45) is 28.8. The largest absolute Gasteiger partial charge is 0.512 e. The number of hydrogen-bond acceptors (Lipinski definition) is 5. The number of hydrogen-bond donors (Lipinski definition) is 1. The van der Waals surface area contributed by atoms with Crippen molar-refractivity contribution in [2.75, 3.05) is 0 Å². The third-order valence-electron chi connectivity index (χ3n) is 14.9. The number of aromatic nitrogens is 2. The molecule has 0 atom stereocenters. The Labute approximate surface area is 377 Å². The molecule has 0 aliphatic heterocycles. The number of aliphatic hydroxyl groups excluding tert-OH is 1. The molecule has 2 aromatic carbocycles. The van der Waals surface area contributed by atoms with Crippen LogP contribution in [0.5, 0.6) is 0 Å². The van der Waals surface area contributed by atoms with Crippen molar-refractivity contribution in [3.05, 3.63) is 60.1 Å². The third kappa shape index (κ3) is 10.5. The molecular formula is C51H75IrN2O2SSi2-. The van der Waals surface area contributed by atoms with Crippen LogP contribution in [0.25, 0.3) is 32.2 Å². The zero-order valence-corrected chi connectivity index (χ0v) is 43.1. The molecule has 4 aromatic rings. The van der Waals surface area contributed by atoms with E-state index in [2.05, 4.69) is 74.3 Å². The Bertz CT molecular complexity index is 1950. The summed E-state index contributed by atoms with van der Waals surface area (Å²) in [7, 11) is -3.44. The van der Waals surface area contributed by atoms with Gasteiger partial charge in [0.2, 0.25) is 0 Å². The fourth-order valence-corrected chi connectivity index (χ4v) is 24.8. The maximum Gasteiger partial charge on any atom is 0.162 e. The van der Waals surface area contributed by atoms with Gasteiger partial charge in [-0.05, 0) is 59.3 Å². The van der Waals surface area contributed by atoms with Crippen LogP contribution in [-0.4, -0.2) is 37.0 Å². The van der Waals surface area contributed by atoms with Gasteiger partial charge in [-0.2, -0.15) is 0 Å². The normalized spacial score (nSPS) is 18.0. The molecule has 3 saturated carbocycles. The topological polar surface area (TPSA) is 63.1 Å². The molecule has 0 spiro atoms. The second kappa shape index (κ2) is 21.9. The van der Waals surface area contributed by atoms with Gasteiger partial charge in [0.25, 0.3) is 0 Å². The molecule has 8 heteroatoms. The smallest absolute Gasteiger partial charge is 0.162 e. The van der Waals surface area contributed by atoms with Gasteiger partial charge in [0.1, 0.15) is 14.4 Å². The number of allylic oxidation sites excluding steroid dienone is 2. The molecule has 0 unspecified atom stereocenters. The first-order chi connectivity index (χ1) is 28.0. The average molecular weight is 1030 g/mol. The molecule has 59 heavy (non-hydrogen) atoms. The van der Waals surface area contributed by atoms with E-state index in [1.807, 2.05) is 38.5 Å². The summed E-state index contributed by atoms with van der Waals surface area (Å²) in [6, 6.07) is 15.2. The van der Waals surface area contributed by atoms with E-state index >= 15 is 0 Å². The first-order valence-corrected chi connectivity index (χ1v) is 30.2. The Morgan fingerprint density at radius 3 is 1.80 bits per heavy atom. The van der Waals surface area contributed by atoms with Crippen LogP contribution in [-0.2, 0) is 24.9 Å². The minimum atomic E-state index is -1.86. The van der Waals surface area contributed by atoms with Gasteiger partial charge in [0.05, 0.1) is 19.3 Å². The zero-order valence-electron chi connectivity index (χ0n) is 37.9. The molecule has 1 radical (unpaired) electrons. The van der Waals surface area contributed by atoms with E-state index in [4.69, 9.17) is 9.97 Å². The van der Waals surface area contributed by atoms with Crippen molar-refractivity contribution in [3.8, 4) is 11.3 Å². The summed E-state index contributed by atoms with van der Waals surface area (Å²) in [5.41, 5.74) is 7.98. The predicted molar refractivity (Wildman–Crippen MR) is 257 cm³/mol. The number of aliphatic hydroxyl groups is 1. The summed E-state index contributed by atoms with van der Waals surface area (Å²) >= 11 is 2.18. The van der Waals surface area contributed by atoms with Crippen molar-refractivity contribution in [3.63, 3.8) is 0 Å². The number of fused-ring (bicyclic) bond motifs is 2. The molecule has 3 aliphatic carbocycles. The van der Waals surface area contributed by atoms with Crippen molar-refractivity contribution in [1.29, 1.82) is 0 Å². The van der Waals surface area contributed by atoms with Gasteiger partial charge in [-0.15, -0.1) is 40.1 Å². The van der Waals surface area contributed by atoms with Crippen molar-refractivity contribution in [1.82, 2.24) is 9.97 Å². The summed E-state index contributed by atoms with van der Waals surface area (Å²) in [6.45, 7) is 18.0. The van der Waals surface area contributed by atoms with E-state index in [0.717, 1.165) is 48.0 Å². The second-order valence-corrected chi connectivity index (χ2v) is 30.5. The molecule has 0 amide bonds. The van der Waals surface area contributed by atoms with E-state index < -0.39 is 16.1 Å². The molecule has 2 heterocycles. The predicted octanol–water partition coefficient (Wildman–Crippen LogP) is 14.7. The fourth-order valence-electron chi connectivity index (χ4n) is 11.7. The monoisotopic (exact) mass is 1030 g/mol. The van der Waals surface area contributed by atoms with Crippen LogP contribution in [0, 0.1) is 24.8 Å². The van der Waals surface area contributed by atoms with Crippen molar-refractivity contribution >= 4 is 63.9 Å². The summed E-state index contributed by atoms with van der Waals surface area (Å²) < 4.78 is 3.21. The average Bonchev–Trinajstić information content (AvgIpc) is 3.58. The summed E-state index contributed by atoms with van der Waals surface area (Å²) in [5, 5.41) is 13.9. The van der Waals surface area contributed by atoms with Crippen LogP contribution in [0.2, 0.25) is 36.3 Å². The standard InChI is InChI=1S/C38H51N2SSi2.C13H24O2.Ir/c1-27-35-37(36(40-26-39-35)29-24-28-16-14-15-23-33(28)34(25-29)42(2,3)4)41-38(27)43(30-17-8-5-9-18-30,31-19-10-6-11-20-31)32-21-12-7-13-22-32;1-5-10(6-2)12(14)9-13(15)11(7-3)8-4;/h14-16,23,25-26,30-32H,5-13,17-22H2,1-4H3;9-11,14H,5-8H2,1-4H3;/q-1;;/b;12-9-;. The van der Waals surface area contributed by atoms with Crippen LogP contribution < -0.4 is 9.69 Å². The van der Waals surface area contributed by atoms with E-state index in [-0.39, 0.29) is 43.5 Å². The van der Waals surface area contributed by atoms with Crippen molar-refractivity contribution in [2.24, 2.45) is 11.8 Å². The molecule has 3 aliphatic rings. The Kier molecular flexibility index (Phi) is 17.8. The number of nitrogens with zero attached hydrogens (tertiary/aromatic N) is 2. The van der Waals surface area contributed by atoms with Crippen LogP contribution >= 0.6 is 11.3 Å². The fraction of sp³-hybridized carbons (Fsp3) is 0.627. The number of carbonyl (C=O) groups excluding carboxylic acids is 1. The minimum absolute atomic E-state index is 0. The number of rotatable bonds is 13. The van der Waals surface area contributed by atoms with Crippen molar-refractivity contribution in [2.45, 2.75) is 193 Å². The molecule has 0 bridgehead atoms. The Morgan fingerprint density at radius 2 is 1.31 bits per heavy atom. The number of carbonyl (C=O) groups is 1. The van der Waals surface area contributed by atoms with Crippen LogP contribution in [0.4, 0.5) is 0 Å². The van der Waals surface area contributed by atoms with Gasteiger partial charge in [-0.1, -0.05) is 173 Å². The maximum absolute atomic E-state index is 11.7. The van der Waals surface area contributed by atoms with Crippen LogP contribution in [0.15, 0.2) is 48.5 Å². The van der Waals surface area contributed by atoms with Crippen LogP contribution in [0.3, 0.4) is 0 Å². The molecule has 3 fully saturated rings. The first-order valence-electron chi connectivity index (χ1n) is 23.6. The Balaban J connectivity index is 0.000000355. The number of benzene rings is 2. The molecule has 7 rings (SSSR count). The molecule has 4 nitrogen and oxygen atoms in total. The van der Waals surface area contributed by atoms with Crippen molar-refractivity contribution < 1.29 is 30.0 Å². The van der Waals surface area contributed by atoms with Crippen LogP contribution in [0.1, 0.15) is 155 Å². The van der Waals surface area contributed by atoms with Gasteiger partial charge >= 0.3 is 0 Å². The minimum Gasteiger partial charge on any atom is -0.512 e. The second-order valence-electron chi connectivity index (χ2n) is 19.3. The van der Waals surface area contributed by atoms with Gasteiger partial charge < -0.3 is 5.11 Å². The van der Waals surface area contributed by atoms with E-state index in [0.29, 0.717) is 0 Å². The third-order valence-corrected chi connectivity index (χ3v) is 26.3. The quantitative estimate of drug-likeness (QED) is 0.0627. The molecule has 0 saturated heterocycles. The molecular weight excluding hydrogens is 953 g/mol. The molecule has 2 aromatic heterocycles. The summed E-state index contributed by atoms with van der Waals surface area (Å²) in [4.78, 5) is 21.9. The molecule has 1 N–H and O–H groups in total. The maximum atomic E-state index is 11.7. The van der Waals surface area contributed by atoms with E-state index in [9.17, 15) is 9.90 Å². The number of aryl methyl sites for hydroxylation is 1. The Hall–Kier alpha value is -1.97. The molecule has 325 valence electrons. The van der Waals surface area contributed by atoms with Gasteiger partial charge in [0, 0.05) is 48.4 Å². The zero-order chi connectivity index (χ0) is 41.5.